The fourth-order valence-electron chi connectivity index (χ4n) is 1.49. The maximum absolute atomic E-state index is 10.7. The van der Waals surface area contributed by atoms with Gasteiger partial charge in [-0.1, -0.05) is 6.58 Å². The summed E-state index contributed by atoms with van der Waals surface area (Å²) in [4.78, 5) is 10.7. The molecule has 0 spiro atoms. The van der Waals surface area contributed by atoms with E-state index in [1.807, 2.05) is 0 Å². The van der Waals surface area contributed by atoms with Crippen molar-refractivity contribution in [1.29, 1.82) is 0 Å². The maximum atomic E-state index is 10.7. The Labute approximate surface area is 78.7 Å². The molecule has 0 N–H and O–H groups in total. The van der Waals surface area contributed by atoms with Crippen LogP contribution in [0.3, 0.4) is 0 Å². The SMILES string of the molecule is C=C[C@@H](OC(C)=O)[C@H]1CCCCO1. The van der Waals surface area contributed by atoms with Gasteiger partial charge in [0, 0.05) is 13.5 Å². The van der Waals surface area contributed by atoms with E-state index in [0.717, 1.165) is 25.9 Å². The highest BCUT2D eigenvalue weighted by molar-refractivity contribution is 5.66. The summed E-state index contributed by atoms with van der Waals surface area (Å²) < 4.78 is 10.5. The van der Waals surface area contributed by atoms with E-state index in [0.29, 0.717) is 0 Å². The molecule has 3 heteroatoms. The van der Waals surface area contributed by atoms with E-state index in [1.54, 1.807) is 6.08 Å². The van der Waals surface area contributed by atoms with Gasteiger partial charge in [0.05, 0.1) is 6.10 Å². The molecule has 0 aromatic rings. The number of esters is 1. The minimum absolute atomic E-state index is 0.00940. The van der Waals surface area contributed by atoms with Crippen molar-refractivity contribution < 1.29 is 14.3 Å². The molecular weight excluding hydrogens is 168 g/mol. The van der Waals surface area contributed by atoms with Crippen LogP contribution in [-0.4, -0.2) is 24.8 Å². The molecule has 0 radical (unpaired) electrons. The Kier molecular flexibility index (Phi) is 3.96. The zero-order valence-electron chi connectivity index (χ0n) is 7.99. The van der Waals surface area contributed by atoms with Crippen LogP contribution < -0.4 is 0 Å². The minimum Gasteiger partial charge on any atom is -0.456 e. The number of carbonyl (C=O) groups is 1. The molecular formula is C10H16O3. The van der Waals surface area contributed by atoms with Gasteiger partial charge in [-0.15, -0.1) is 0 Å². The monoisotopic (exact) mass is 184 g/mol. The van der Waals surface area contributed by atoms with Crippen LogP contribution in [0.15, 0.2) is 12.7 Å². The largest absolute Gasteiger partial charge is 0.456 e. The first kappa shape index (κ1) is 10.3. The summed E-state index contributed by atoms with van der Waals surface area (Å²) in [5.41, 5.74) is 0. The summed E-state index contributed by atoms with van der Waals surface area (Å²) in [7, 11) is 0. The van der Waals surface area contributed by atoms with Gasteiger partial charge in [0.1, 0.15) is 6.10 Å². The summed E-state index contributed by atoms with van der Waals surface area (Å²) in [5, 5.41) is 0. The van der Waals surface area contributed by atoms with E-state index < -0.39 is 0 Å². The van der Waals surface area contributed by atoms with Crippen molar-refractivity contribution >= 4 is 5.97 Å². The summed E-state index contributed by atoms with van der Waals surface area (Å²) in [6.07, 6.45) is 4.55. The van der Waals surface area contributed by atoms with Gasteiger partial charge in [-0.2, -0.15) is 0 Å². The molecule has 0 aromatic carbocycles. The van der Waals surface area contributed by atoms with E-state index >= 15 is 0 Å². The zero-order valence-corrected chi connectivity index (χ0v) is 7.99. The van der Waals surface area contributed by atoms with Crippen LogP contribution in [0.25, 0.3) is 0 Å². The lowest BCUT2D eigenvalue weighted by Crippen LogP contribution is -2.33. The number of hydrogen-bond acceptors (Lipinski definition) is 3. The molecule has 0 unspecified atom stereocenters. The van der Waals surface area contributed by atoms with Crippen LogP contribution in [0.5, 0.6) is 0 Å². The van der Waals surface area contributed by atoms with E-state index in [-0.39, 0.29) is 18.2 Å². The van der Waals surface area contributed by atoms with E-state index in [4.69, 9.17) is 9.47 Å². The highest BCUT2D eigenvalue weighted by atomic mass is 16.6. The van der Waals surface area contributed by atoms with Crippen LogP contribution in [-0.2, 0) is 14.3 Å². The molecule has 2 atom stereocenters. The molecule has 1 rings (SSSR count). The van der Waals surface area contributed by atoms with Crippen molar-refractivity contribution in [3.05, 3.63) is 12.7 Å². The summed E-state index contributed by atoms with van der Waals surface area (Å²) in [5.74, 6) is -0.279. The van der Waals surface area contributed by atoms with Gasteiger partial charge in [0.2, 0.25) is 0 Å². The van der Waals surface area contributed by atoms with E-state index in [1.165, 1.54) is 6.92 Å². The van der Waals surface area contributed by atoms with Crippen molar-refractivity contribution in [2.75, 3.05) is 6.61 Å². The number of hydrogen-bond donors (Lipinski definition) is 0. The second-order valence-corrected chi connectivity index (χ2v) is 3.21. The lowest BCUT2D eigenvalue weighted by atomic mass is 10.0. The first-order chi connectivity index (χ1) is 6.24. The van der Waals surface area contributed by atoms with Crippen molar-refractivity contribution in [2.45, 2.75) is 38.4 Å². The molecule has 13 heavy (non-hydrogen) atoms. The Hall–Kier alpha value is -0.830. The molecule has 1 fully saturated rings. The Morgan fingerprint density at radius 3 is 2.92 bits per heavy atom. The molecule has 0 aromatic heterocycles. The predicted octanol–water partition coefficient (Wildman–Crippen LogP) is 1.67. The number of carbonyl (C=O) groups excluding carboxylic acids is 1. The van der Waals surface area contributed by atoms with E-state index in [2.05, 4.69) is 6.58 Å². The molecule has 0 saturated carbocycles. The Balaban J connectivity index is 2.43. The Morgan fingerprint density at radius 1 is 1.69 bits per heavy atom. The molecule has 3 nitrogen and oxygen atoms in total. The third-order valence-corrected chi connectivity index (χ3v) is 2.12. The van der Waals surface area contributed by atoms with Crippen molar-refractivity contribution in [2.24, 2.45) is 0 Å². The van der Waals surface area contributed by atoms with Crippen LogP contribution in [0, 0.1) is 0 Å². The molecule has 0 amide bonds. The van der Waals surface area contributed by atoms with Gasteiger partial charge in [0.15, 0.2) is 0 Å². The van der Waals surface area contributed by atoms with E-state index in [9.17, 15) is 4.79 Å². The Morgan fingerprint density at radius 2 is 2.46 bits per heavy atom. The first-order valence-electron chi connectivity index (χ1n) is 4.65. The first-order valence-corrected chi connectivity index (χ1v) is 4.65. The quantitative estimate of drug-likeness (QED) is 0.494. The highest BCUT2D eigenvalue weighted by Crippen LogP contribution is 2.18. The van der Waals surface area contributed by atoms with Gasteiger partial charge in [-0.3, -0.25) is 4.79 Å². The average molecular weight is 184 g/mol. The maximum Gasteiger partial charge on any atom is 0.303 e. The second kappa shape index (κ2) is 5.02. The van der Waals surface area contributed by atoms with Crippen LogP contribution >= 0.6 is 0 Å². The molecule has 74 valence electrons. The zero-order chi connectivity index (χ0) is 9.68. The molecule has 1 saturated heterocycles. The van der Waals surface area contributed by atoms with Gasteiger partial charge < -0.3 is 9.47 Å². The molecule has 1 aliphatic heterocycles. The Bertz CT molecular complexity index is 183. The molecule has 0 bridgehead atoms. The average Bonchev–Trinajstić information content (AvgIpc) is 2.15. The normalized spacial score (nSPS) is 24.8. The minimum atomic E-state index is -0.280. The van der Waals surface area contributed by atoms with Crippen LogP contribution in [0.1, 0.15) is 26.2 Å². The lowest BCUT2D eigenvalue weighted by Gasteiger charge is -2.27. The van der Waals surface area contributed by atoms with Gasteiger partial charge >= 0.3 is 5.97 Å². The summed E-state index contributed by atoms with van der Waals surface area (Å²) >= 11 is 0. The molecule has 1 aliphatic rings. The third kappa shape index (κ3) is 3.19. The van der Waals surface area contributed by atoms with Gasteiger partial charge in [0.25, 0.3) is 0 Å². The fourth-order valence-corrected chi connectivity index (χ4v) is 1.49. The van der Waals surface area contributed by atoms with Gasteiger partial charge in [-0.05, 0) is 25.3 Å². The van der Waals surface area contributed by atoms with Crippen LogP contribution in [0.4, 0.5) is 0 Å². The highest BCUT2D eigenvalue weighted by Gasteiger charge is 2.24. The molecule has 1 heterocycles. The van der Waals surface area contributed by atoms with Gasteiger partial charge in [-0.25, -0.2) is 0 Å². The number of ether oxygens (including phenoxy) is 2. The smallest absolute Gasteiger partial charge is 0.303 e. The lowest BCUT2D eigenvalue weighted by molar-refractivity contribution is -0.152. The van der Waals surface area contributed by atoms with Crippen molar-refractivity contribution in [3.63, 3.8) is 0 Å². The van der Waals surface area contributed by atoms with Crippen LogP contribution in [0.2, 0.25) is 0 Å². The fraction of sp³-hybridized carbons (Fsp3) is 0.700. The molecule has 0 aliphatic carbocycles. The second-order valence-electron chi connectivity index (χ2n) is 3.21. The topological polar surface area (TPSA) is 35.5 Å². The predicted molar refractivity (Wildman–Crippen MR) is 49.3 cm³/mol. The summed E-state index contributed by atoms with van der Waals surface area (Å²) in [6.45, 7) is 5.79. The van der Waals surface area contributed by atoms with Crippen molar-refractivity contribution in [3.8, 4) is 0 Å². The van der Waals surface area contributed by atoms with Crippen molar-refractivity contribution in [1.82, 2.24) is 0 Å². The third-order valence-electron chi connectivity index (χ3n) is 2.12. The summed E-state index contributed by atoms with van der Waals surface area (Å²) in [6, 6.07) is 0. The standard InChI is InChI=1S/C10H16O3/c1-3-9(13-8(2)11)10-6-4-5-7-12-10/h3,9-10H,1,4-7H2,2H3/t9-,10-/m1/s1. The number of rotatable bonds is 3.